The van der Waals surface area contributed by atoms with Crippen LogP contribution in [0, 0.1) is 57.7 Å². The molecule has 3 heterocycles. The minimum atomic E-state index is -4.39. The molecule has 0 bridgehead atoms. The van der Waals surface area contributed by atoms with Crippen molar-refractivity contribution in [3.63, 3.8) is 0 Å². The van der Waals surface area contributed by atoms with E-state index in [0.717, 1.165) is 0 Å². The van der Waals surface area contributed by atoms with Crippen LogP contribution < -0.4 is 4.72 Å². The fourth-order valence-corrected chi connectivity index (χ4v) is 15.6. The third kappa shape index (κ3) is 4.87. The van der Waals surface area contributed by atoms with Crippen molar-refractivity contribution in [2.45, 2.75) is 133 Å². The molecule has 16 nitrogen and oxygen atoms in total. The Morgan fingerprint density at radius 3 is 2.07 bits per heavy atom. The molecule has 5 aliphatic carbocycles. The molecule has 8 fully saturated rings. The van der Waals surface area contributed by atoms with Gasteiger partial charge < -0.3 is 43.7 Å². The van der Waals surface area contributed by atoms with Crippen molar-refractivity contribution < 1.29 is 71.3 Å². The van der Waals surface area contributed by atoms with E-state index in [0.29, 0.717) is 5.02 Å². The molecule has 21 atom stereocenters. The first kappa shape index (κ1) is 40.5. The van der Waals surface area contributed by atoms with Crippen LogP contribution in [0.3, 0.4) is 0 Å². The van der Waals surface area contributed by atoms with Gasteiger partial charge in [-0.15, -0.1) is 0 Å². The molecule has 3 aliphatic heterocycles. The van der Waals surface area contributed by atoms with Crippen LogP contribution in [0.15, 0.2) is 29.2 Å². The molecule has 0 radical (unpaired) electrons. The summed E-state index contributed by atoms with van der Waals surface area (Å²) in [5.74, 6) is -11.1. The number of rotatable bonds is 6. The minimum absolute atomic E-state index is 0.131. The van der Waals surface area contributed by atoms with Gasteiger partial charge in [-0.2, -0.15) is 0 Å². The number of fused-ring (bicyclic) bond motifs is 9. The number of carbonyl (C=O) groups is 4. The Bertz CT molecular complexity index is 2100. The second kappa shape index (κ2) is 12.4. The molecule has 0 aromatic heterocycles. The lowest BCUT2D eigenvalue weighted by Gasteiger charge is -2.67. The molecule has 318 valence electrons. The van der Waals surface area contributed by atoms with Crippen molar-refractivity contribution in [1.29, 1.82) is 0 Å². The number of nitrogens with one attached hydrogen (secondary N) is 1. The highest BCUT2D eigenvalue weighted by atomic mass is 35.5. The fourth-order valence-electron chi connectivity index (χ4n) is 14.2. The maximum atomic E-state index is 14.3. The number of hydrogen-bond donors (Lipinski definition) is 4. The van der Waals surface area contributed by atoms with Gasteiger partial charge in [0.2, 0.25) is 15.8 Å². The standard InChI is InChI=1S/C40H50ClNO15S/c1-14-23-26(38(7)39(8,49)35(48)57-40(38)32(14)56-40)29(47)24-22-25(31(52-15(2)43)34(37(23,24)6)54-17(4)45)36(5)20(13-21-30(55-21)33(36)53-16(3)44)27(28(22)46)42-58(50,51)19-11-9-18(41)10-12-19/h9-12,14,20-34,42,46-47,49H,13H2,1-8H3/t14-,20+,21-,22-,23-,24+,25+,26-,27-,28+,29+,30-,31-,32+,33-,34-,36-,37+,38-,39+,40-/m0/s1. The summed E-state index contributed by atoms with van der Waals surface area (Å²) in [5, 5.41) is 38.6. The van der Waals surface area contributed by atoms with E-state index >= 15 is 0 Å². The normalized spacial score (nSPS) is 52.9. The van der Waals surface area contributed by atoms with Crippen LogP contribution in [0.2, 0.25) is 5.02 Å². The minimum Gasteiger partial charge on any atom is -0.459 e. The Morgan fingerprint density at radius 2 is 1.47 bits per heavy atom. The SMILES string of the molecule is CC(=O)O[C@H]1[C@H]2[C@@H]([C@@H](O)[C@@H](NS(=O)(=O)c3ccc(Cl)cc3)[C@H]3C[C@@H]4O[C@@H]4[C@H](OC(C)=O)[C@]23C)[C@@H]2[C@@H](O)[C@@H]3[C@H]([C@H](C)[C@H]4O[C@]45OC(=O)[C@@](C)(O)[C@]35C)[C@@]2(C)[C@H]1OC(C)=O. The maximum Gasteiger partial charge on any atom is 0.341 e. The number of aliphatic hydroxyl groups is 3. The van der Waals surface area contributed by atoms with E-state index in [1.165, 1.54) is 52.0 Å². The second-order valence-corrected chi connectivity index (χ2v) is 21.0. The molecule has 58 heavy (non-hydrogen) atoms. The van der Waals surface area contributed by atoms with Gasteiger partial charge in [0.1, 0.15) is 30.5 Å². The number of halogens is 1. The molecule has 5 saturated carbocycles. The summed E-state index contributed by atoms with van der Waals surface area (Å²) in [6.45, 7) is 12.0. The molecule has 3 saturated heterocycles. The summed E-state index contributed by atoms with van der Waals surface area (Å²) in [4.78, 5) is 52.9. The van der Waals surface area contributed by atoms with E-state index in [9.17, 15) is 42.9 Å². The predicted molar refractivity (Wildman–Crippen MR) is 196 cm³/mol. The zero-order chi connectivity index (χ0) is 42.2. The molecule has 0 amide bonds. The zero-order valence-corrected chi connectivity index (χ0v) is 34.9. The van der Waals surface area contributed by atoms with E-state index in [-0.39, 0.29) is 11.3 Å². The van der Waals surface area contributed by atoms with Gasteiger partial charge in [0.15, 0.2) is 5.60 Å². The number of hydrogen-bond acceptors (Lipinski definition) is 15. The van der Waals surface area contributed by atoms with Gasteiger partial charge in [-0.3, -0.25) is 14.4 Å². The average Bonchev–Trinajstić information content (AvgIpc) is 4.03. The van der Waals surface area contributed by atoms with Gasteiger partial charge in [0.25, 0.3) is 0 Å². The largest absolute Gasteiger partial charge is 0.459 e. The number of epoxide rings is 2. The first-order valence-electron chi connectivity index (χ1n) is 19.9. The highest BCUT2D eigenvalue weighted by Crippen LogP contribution is 2.81. The van der Waals surface area contributed by atoms with Crippen LogP contribution in [0.4, 0.5) is 0 Å². The quantitative estimate of drug-likeness (QED) is 0.180. The number of benzene rings is 1. The lowest BCUT2D eigenvalue weighted by molar-refractivity contribution is -0.285. The molecular formula is C40H50ClNO15S. The lowest BCUT2D eigenvalue weighted by atomic mass is 9.40. The number of aliphatic hydroxyl groups excluding tert-OH is 2. The Hall–Kier alpha value is -2.90. The summed E-state index contributed by atoms with van der Waals surface area (Å²) in [5.41, 5.74) is -6.56. The summed E-state index contributed by atoms with van der Waals surface area (Å²) < 4.78 is 68.2. The third-order valence-corrected chi connectivity index (χ3v) is 18.1. The molecule has 9 rings (SSSR count). The fraction of sp³-hybridized carbons (Fsp3) is 0.750. The van der Waals surface area contributed by atoms with Crippen LogP contribution >= 0.6 is 11.6 Å². The van der Waals surface area contributed by atoms with Gasteiger partial charge in [-0.25, -0.2) is 17.9 Å². The number of sulfonamides is 1. The van der Waals surface area contributed by atoms with Gasteiger partial charge in [0, 0.05) is 54.4 Å². The Kier molecular flexibility index (Phi) is 8.63. The van der Waals surface area contributed by atoms with E-state index in [1.807, 2.05) is 6.92 Å². The van der Waals surface area contributed by atoms with Crippen molar-refractivity contribution in [3.8, 4) is 0 Å². The first-order chi connectivity index (χ1) is 26.9. The highest BCUT2D eigenvalue weighted by molar-refractivity contribution is 7.89. The number of carbonyl (C=O) groups excluding carboxylic acids is 4. The highest BCUT2D eigenvalue weighted by Gasteiger charge is 2.93. The van der Waals surface area contributed by atoms with E-state index in [4.69, 9.17) is 40.0 Å². The van der Waals surface area contributed by atoms with E-state index in [2.05, 4.69) is 4.72 Å². The monoisotopic (exact) mass is 851 g/mol. The third-order valence-electron chi connectivity index (χ3n) is 16.4. The van der Waals surface area contributed by atoms with Crippen molar-refractivity contribution >= 4 is 45.5 Å². The van der Waals surface area contributed by atoms with Crippen molar-refractivity contribution in [1.82, 2.24) is 4.72 Å². The maximum absolute atomic E-state index is 14.3. The van der Waals surface area contributed by atoms with Crippen LogP contribution in [-0.4, -0.2) is 114 Å². The topological polar surface area (TPSA) is 237 Å². The van der Waals surface area contributed by atoms with Gasteiger partial charge >= 0.3 is 23.9 Å². The van der Waals surface area contributed by atoms with E-state index in [1.54, 1.807) is 20.8 Å². The van der Waals surface area contributed by atoms with Crippen LogP contribution in [0.1, 0.15) is 61.8 Å². The number of ether oxygens (including phenoxy) is 6. The van der Waals surface area contributed by atoms with E-state index < -0.39 is 158 Å². The molecule has 1 aromatic rings. The van der Waals surface area contributed by atoms with Gasteiger partial charge in [-0.05, 0) is 68.2 Å². The zero-order valence-electron chi connectivity index (χ0n) is 33.3. The van der Waals surface area contributed by atoms with Crippen LogP contribution in [0.5, 0.6) is 0 Å². The van der Waals surface area contributed by atoms with Gasteiger partial charge in [0.05, 0.1) is 34.7 Å². The molecular weight excluding hydrogens is 802 g/mol. The van der Waals surface area contributed by atoms with Crippen molar-refractivity contribution in [2.24, 2.45) is 57.7 Å². The summed E-state index contributed by atoms with van der Waals surface area (Å²) in [6.07, 6.45) is -8.47. The smallest absolute Gasteiger partial charge is 0.341 e. The van der Waals surface area contributed by atoms with Crippen molar-refractivity contribution in [2.75, 3.05) is 0 Å². The lowest BCUT2D eigenvalue weighted by Crippen LogP contribution is -2.77. The first-order valence-corrected chi connectivity index (χ1v) is 21.7. The Labute approximate surface area is 340 Å². The Balaban J connectivity index is 1.29. The number of esters is 4. The molecule has 8 aliphatic rings. The average molecular weight is 852 g/mol. The molecule has 1 spiro atoms. The van der Waals surface area contributed by atoms with Crippen LogP contribution in [-0.2, 0) is 57.6 Å². The second-order valence-electron chi connectivity index (χ2n) is 18.8. The predicted octanol–water partition coefficient (Wildman–Crippen LogP) is 1.48. The molecule has 4 N–H and O–H groups in total. The molecule has 1 aromatic carbocycles. The Morgan fingerprint density at radius 1 is 0.862 bits per heavy atom. The summed E-state index contributed by atoms with van der Waals surface area (Å²) >= 11 is 6.10. The van der Waals surface area contributed by atoms with Gasteiger partial charge in [-0.1, -0.05) is 32.4 Å². The molecule has 0 unspecified atom stereocenters. The summed E-state index contributed by atoms with van der Waals surface area (Å²) in [6, 6.07) is 4.20. The summed E-state index contributed by atoms with van der Waals surface area (Å²) in [7, 11) is -4.39. The molecule has 18 heteroatoms. The van der Waals surface area contributed by atoms with Crippen molar-refractivity contribution in [3.05, 3.63) is 29.3 Å². The van der Waals surface area contributed by atoms with Crippen LogP contribution in [0.25, 0.3) is 0 Å².